The van der Waals surface area contributed by atoms with Crippen LogP contribution in [0.15, 0.2) is 18.2 Å². The van der Waals surface area contributed by atoms with Gasteiger partial charge in [0.2, 0.25) is 0 Å². The smallest absolute Gasteiger partial charge is 0.147 e. The highest BCUT2D eigenvalue weighted by Gasteiger charge is 2.07. The van der Waals surface area contributed by atoms with Crippen molar-refractivity contribution in [1.29, 1.82) is 5.26 Å². The summed E-state index contributed by atoms with van der Waals surface area (Å²) < 4.78 is 13.6. The summed E-state index contributed by atoms with van der Waals surface area (Å²) >= 11 is 1.88. The molecule has 0 saturated carbocycles. The lowest BCUT2D eigenvalue weighted by Crippen LogP contribution is -2.16. The highest BCUT2D eigenvalue weighted by Crippen LogP contribution is 2.17. The van der Waals surface area contributed by atoms with Crippen LogP contribution in [0.5, 0.6) is 0 Å². The van der Waals surface area contributed by atoms with Crippen molar-refractivity contribution in [2.24, 2.45) is 0 Å². The van der Waals surface area contributed by atoms with E-state index in [1.54, 1.807) is 12.1 Å². The molecule has 1 N–H and O–H groups in total. The van der Waals surface area contributed by atoms with Crippen molar-refractivity contribution in [1.82, 2.24) is 0 Å². The van der Waals surface area contributed by atoms with Crippen molar-refractivity contribution in [3.8, 4) is 6.07 Å². The molecule has 1 atom stereocenters. The quantitative estimate of drug-likeness (QED) is 0.785. The van der Waals surface area contributed by atoms with E-state index >= 15 is 0 Å². The predicted octanol–water partition coefficient (Wildman–Crippen LogP) is 3.64. The standard InChI is InChI=1S/C13H17FN2S/c1-3-17-7-6-10(2)16-13-5-4-11(9-15)8-12(13)14/h4-5,8,10,16H,3,6-7H2,1-2H3. The Morgan fingerprint density at radius 3 is 2.88 bits per heavy atom. The van der Waals surface area contributed by atoms with Gasteiger partial charge in [0.15, 0.2) is 0 Å². The second-order valence-electron chi connectivity index (χ2n) is 3.84. The molecule has 1 aromatic rings. The molecule has 0 aliphatic rings. The van der Waals surface area contributed by atoms with Crippen molar-refractivity contribution in [3.05, 3.63) is 29.6 Å². The summed E-state index contributed by atoms with van der Waals surface area (Å²) in [5, 5.41) is 11.8. The average Bonchev–Trinajstić information content (AvgIpc) is 2.32. The van der Waals surface area contributed by atoms with Gasteiger partial charge < -0.3 is 5.32 Å². The number of rotatable bonds is 6. The molecule has 4 heteroatoms. The van der Waals surface area contributed by atoms with E-state index in [0.717, 1.165) is 17.9 Å². The fourth-order valence-corrected chi connectivity index (χ4v) is 2.25. The van der Waals surface area contributed by atoms with Crippen LogP contribution in [0.4, 0.5) is 10.1 Å². The monoisotopic (exact) mass is 252 g/mol. The van der Waals surface area contributed by atoms with E-state index in [1.807, 2.05) is 24.8 Å². The maximum atomic E-state index is 13.6. The van der Waals surface area contributed by atoms with E-state index < -0.39 is 0 Å². The molecule has 0 saturated heterocycles. The topological polar surface area (TPSA) is 35.8 Å². The number of nitriles is 1. The van der Waals surface area contributed by atoms with Crippen LogP contribution >= 0.6 is 11.8 Å². The molecule has 17 heavy (non-hydrogen) atoms. The highest BCUT2D eigenvalue weighted by atomic mass is 32.2. The van der Waals surface area contributed by atoms with Crippen LogP contribution in [0, 0.1) is 17.1 Å². The Balaban J connectivity index is 2.54. The second-order valence-corrected chi connectivity index (χ2v) is 5.23. The lowest BCUT2D eigenvalue weighted by molar-refractivity contribution is 0.624. The molecular weight excluding hydrogens is 235 g/mol. The number of hydrogen-bond donors (Lipinski definition) is 1. The molecule has 1 rings (SSSR count). The summed E-state index contributed by atoms with van der Waals surface area (Å²) in [6, 6.07) is 6.66. The van der Waals surface area contributed by atoms with E-state index in [1.165, 1.54) is 6.07 Å². The number of halogens is 1. The van der Waals surface area contributed by atoms with Gasteiger partial charge in [0.1, 0.15) is 5.82 Å². The Morgan fingerprint density at radius 2 is 2.29 bits per heavy atom. The van der Waals surface area contributed by atoms with Crippen molar-refractivity contribution >= 4 is 17.4 Å². The Kier molecular flexibility index (Phi) is 5.85. The maximum Gasteiger partial charge on any atom is 0.147 e. The number of hydrogen-bond acceptors (Lipinski definition) is 3. The third kappa shape index (κ3) is 4.66. The van der Waals surface area contributed by atoms with E-state index in [4.69, 9.17) is 5.26 Å². The van der Waals surface area contributed by atoms with Gasteiger partial charge in [0.25, 0.3) is 0 Å². The second kappa shape index (κ2) is 7.18. The maximum absolute atomic E-state index is 13.6. The normalized spacial score (nSPS) is 11.9. The zero-order valence-electron chi connectivity index (χ0n) is 10.2. The van der Waals surface area contributed by atoms with Crippen LogP contribution in [0.1, 0.15) is 25.8 Å². The summed E-state index contributed by atoms with van der Waals surface area (Å²) in [5.74, 6) is 1.82. The number of nitrogens with zero attached hydrogens (tertiary/aromatic N) is 1. The molecule has 0 aliphatic carbocycles. The third-order valence-corrected chi connectivity index (χ3v) is 3.33. The van der Waals surface area contributed by atoms with Crippen molar-refractivity contribution in [2.75, 3.05) is 16.8 Å². The number of nitrogens with one attached hydrogen (secondary N) is 1. The number of anilines is 1. The largest absolute Gasteiger partial charge is 0.380 e. The fraction of sp³-hybridized carbons (Fsp3) is 0.462. The lowest BCUT2D eigenvalue weighted by atomic mass is 10.2. The molecule has 0 radical (unpaired) electrons. The van der Waals surface area contributed by atoms with Crippen molar-refractivity contribution in [3.63, 3.8) is 0 Å². The van der Waals surface area contributed by atoms with Crippen molar-refractivity contribution in [2.45, 2.75) is 26.3 Å². The molecule has 0 bridgehead atoms. The molecule has 0 fully saturated rings. The molecular formula is C13H17FN2S. The molecule has 2 nitrogen and oxygen atoms in total. The van der Waals surface area contributed by atoms with Gasteiger partial charge >= 0.3 is 0 Å². The zero-order chi connectivity index (χ0) is 12.7. The van der Waals surface area contributed by atoms with Crippen LogP contribution in [-0.4, -0.2) is 17.5 Å². The third-order valence-electron chi connectivity index (χ3n) is 2.40. The molecule has 0 aliphatic heterocycles. The first-order valence-corrected chi connectivity index (χ1v) is 6.86. The fourth-order valence-electron chi connectivity index (χ4n) is 1.44. The van der Waals surface area contributed by atoms with Gasteiger partial charge in [-0.25, -0.2) is 4.39 Å². The van der Waals surface area contributed by atoms with E-state index in [0.29, 0.717) is 11.3 Å². The van der Waals surface area contributed by atoms with Crippen LogP contribution in [-0.2, 0) is 0 Å². The molecule has 1 aromatic carbocycles. The SMILES string of the molecule is CCSCCC(C)Nc1ccc(C#N)cc1F. The molecule has 0 spiro atoms. The first-order chi connectivity index (χ1) is 8.17. The molecule has 92 valence electrons. The van der Waals surface area contributed by atoms with E-state index in [2.05, 4.69) is 12.2 Å². The molecule has 1 unspecified atom stereocenters. The summed E-state index contributed by atoms with van der Waals surface area (Å²) in [5.41, 5.74) is 0.820. The van der Waals surface area contributed by atoms with Crippen LogP contribution in [0.2, 0.25) is 0 Å². The first kappa shape index (κ1) is 13.9. The lowest BCUT2D eigenvalue weighted by Gasteiger charge is -2.15. The summed E-state index contributed by atoms with van der Waals surface area (Å²) in [4.78, 5) is 0. The van der Waals surface area contributed by atoms with E-state index in [-0.39, 0.29) is 11.9 Å². The Labute approximate surface area is 106 Å². The van der Waals surface area contributed by atoms with Crippen LogP contribution < -0.4 is 5.32 Å². The summed E-state index contributed by atoms with van der Waals surface area (Å²) in [7, 11) is 0. The molecule has 0 heterocycles. The number of benzene rings is 1. The van der Waals surface area contributed by atoms with Crippen molar-refractivity contribution < 1.29 is 4.39 Å². The van der Waals surface area contributed by atoms with Gasteiger partial charge in [0, 0.05) is 6.04 Å². The summed E-state index contributed by atoms with van der Waals surface area (Å²) in [6.07, 6.45) is 0.998. The van der Waals surface area contributed by atoms with Gasteiger partial charge in [-0.3, -0.25) is 0 Å². The average molecular weight is 252 g/mol. The Hall–Kier alpha value is -1.21. The Morgan fingerprint density at radius 1 is 1.53 bits per heavy atom. The van der Waals surface area contributed by atoms with Gasteiger partial charge in [-0.2, -0.15) is 17.0 Å². The highest BCUT2D eigenvalue weighted by molar-refractivity contribution is 7.99. The minimum atomic E-state index is -0.362. The first-order valence-electron chi connectivity index (χ1n) is 5.71. The van der Waals surface area contributed by atoms with Crippen LogP contribution in [0.25, 0.3) is 0 Å². The van der Waals surface area contributed by atoms with Crippen LogP contribution in [0.3, 0.4) is 0 Å². The minimum Gasteiger partial charge on any atom is -0.380 e. The summed E-state index contributed by atoms with van der Waals surface area (Å²) in [6.45, 7) is 4.16. The van der Waals surface area contributed by atoms with E-state index in [9.17, 15) is 4.39 Å². The van der Waals surface area contributed by atoms with Gasteiger partial charge in [-0.1, -0.05) is 6.92 Å². The molecule has 0 amide bonds. The zero-order valence-corrected chi connectivity index (χ0v) is 11.0. The molecule has 0 aromatic heterocycles. The van der Waals surface area contributed by atoms with Gasteiger partial charge in [0.05, 0.1) is 17.3 Å². The Bertz CT molecular complexity index is 401. The minimum absolute atomic E-state index is 0.233. The van der Waals surface area contributed by atoms with Gasteiger partial charge in [-0.15, -0.1) is 0 Å². The number of thioether (sulfide) groups is 1. The van der Waals surface area contributed by atoms with Gasteiger partial charge in [-0.05, 0) is 43.0 Å². The predicted molar refractivity (Wildman–Crippen MR) is 71.8 cm³/mol.